The maximum Gasteiger partial charge on any atom is 0.258 e. The van der Waals surface area contributed by atoms with Crippen LogP contribution in [0.3, 0.4) is 0 Å². The van der Waals surface area contributed by atoms with E-state index in [9.17, 15) is 9.18 Å². The number of nitrogens with zero attached hydrogens (tertiary/aromatic N) is 2. The number of rotatable bonds is 7. The molecule has 2 N–H and O–H groups in total. The van der Waals surface area contributed by atoms with Crippen molar-refractivity contribution in [3.63, 3.8) is 0 Å². The largest absolute Gasteiger partial charge is 0.354 e. The van der Waals surface area contributed by atoms with Gasteiger partial charge in [0.25, 0.3) is 5.91 Å². The van der Waals surface area contributed by atoms with E-state index in [2.05, 4.69) is 34.4 Å². The predicted octanol–water partition coefficient (Wildman–Crippen LogP) is 4.65. The summed E-state index contributed by atoms with van der Waals surface area (Å²) in [6.07, 6.45) is 3.47. The van der Waals surface area contributed by atoms with Gasteiger partial charge in [-0.15, -0.1) is 0 Å². The van der Waals surface area contributed by atoms with E-state index in [1.54, 1.807) is 18.2 Å². The Bertz CT molecular complexity index is 941. The minimum Gasteiger partial charge on any atom is -0.354 e. The second-order valence-corrected chi connectivity index (χ2v) is 6.76. The molecule has 0 aliphatic rings. The molecule has 0 aliphatic heterocycles. The van der Waals surface area contributed by atoms with Gasteiger partial charge in [0, 0.05) is 24.6 Å². The van der Waals surface area contributed by atoms with Crippen LogP contribution in [-0.2, 0) is 6.42 Å². The van der Waals surface area contributed by atoms with E-state index >= 15 is 0 Å². The fourth-order valence-corrected chi connectivity index (χ4v) is 2.86. The first-order chi connectivity index (χ1) is 13.5. The lowest BCUT2D eigenvalue weighted by atomic mass is 10.0. The Hall–Kier alpha value is -3.28. The van der Waals surface area contributed by atoms with Crippen LogP contribution in [0.25, 0.3) is 0 Å². The van der Waals surface area contributed by atoms with Crippen molar-refractivity contribution in [2.45, 2.75) is 26.2 Å². The van der Waals surface area contributed by atoms with Crippen LogP contribution >= 0.6 is 0 Å². The monoisotopic (exact) mass is 378 g/mol. The van der Waals surface area contributed by atoms with Crippen LogP contribution < -0.4 is 10.6 Å². The number of para-hydroxylation sites is 1. The van der Waals surface area contributed by atoms with E-state index in [0.717, 1.165) is 11.3 Å². The molecule has 3 aromatic rings. The minimum absolute atomic E-state index is 0.223. The second kappa shape index (κ2) is 9.08. The molecular weight excluding hydrogens is 355 g/mol. The maximum absolute atomic E-state index is 13.6. The molecule has 28 heavy (non-hydrogen) atoms. The quantitative estimate of drug-likeness (QED) is 0.628. The van der Waals surface area contributed by atoms with Gasteiger partial charge in [-0.05, 0) is 35.6 Å². The molecule has 6 heteroatoms. The zero-order chi connectivity index (χ0) is 19.9. The molecule has 0 radical (unpaired) electrons. The lowest BCUT2D eigenvalue weighted by molar-refractivity contribution is 0.102. The van der Waals surface area contributed by atoms with Crippen molar-refractivity contribution in [3.05, 3.63) is 83.4 Å². The van der Waals surface area contributed by atoms with E-state index in [1.165, 1.54) is 18.5 Å². The second-order valence-electron chi connectivity index (χ2n) is 6.76. The Morgan fingerprint density at radius 1 is 1.04 bits per heavy atom. The van der Waals surface area contributed by atoms with Crippen molar-refractivity contribution >= 4 is 17.5 Å². The van der Waals surface area contributed by atoms with Gasteiger partial charge < -0.3 is 10.6 Å². The topological polar surface area (TPSA) is 66.9 Å². The molecule has 144 valence electrons. The zero-order valence-corrected chi connectivity index (χ0v) is 15.9. The minimum atomic E-state index is -0.258. The normalized spacial score (nSPS) is 10.7. The number of benzene rings is 2. The van der Waals surface area contributed by atoms with Crippen LogP contribution in [-0.4, -0.2) is 22.4 Å². The number of hydrogen-bond acceptors (Lipinski definition) is 4. The summed E-state index contributed by atoms with van der Waals surface area (Å²) in [5, 5.41) is 5.96. The van der Waals surface area contributed by atoms with Gasteiger partial charge in [-0.1, -0.05) is 50.2 Å². The Labute approximate surface area is 164 Å². The van der Waals surface area contributed by atoms with Crippen LogP contribution in [0.1, 0.15) is 41.3 Å². The molecule has 0 unspecified atom stereocenters. The van der Waals surface area contributed by atoms with Crippen molar-refractivity contribution in [2.75, 3.05) is 17.2 Å². The van der Waals surface area contributed by atoms with Crippen LogP contribution in [0.4, 0.5) is 16.0 Å². The number of nitrogens with one attached hydrogen (secondary N) is 2. The van der Waals surface area contributed by atoms with E-state index in [0.29, 0.717) is 36.0 Å². The van der Waals surface area contributed by atoms with E-state index in [4.69, 9.17) is 0 Å². The first-order valence-electron chi connectivity index (χ1n) is 9.24. The fourth-order valence-electron chi connectivity index (χ4n) is 2.86. The molecule has 0 saturated heterocycles. The molecule has 0 aliphatic carbocycles. The fraction of sp³-hybridized carbons (Fsp3) is 0.227. The van der Waals surface area contributed by atoms with Crippen LogP contribution in [0.5, 0.6) is 0 Å². The van der Waals surface area contributed by atoms with E-state index < -0.39 is 0 Å². The predicted molar refractivity (Wildman–Crippen MR) is 109 cm³/mol. The first-order valence-corrected chi connectivity index (χ1v) is 9.24. The lowest BCUT2D eigenvalue weighted by Crippen LogP contribution is -2.15. The number of aromatic nitrogens is 2. The van der Waals surface area contributed by atoms with Gasteiger partial charge in [0.2, 0.25) is 5.95 Å². The maximum atomic E-state index is 13.6. The highest BCUT2D eigenvalue weighted by molar-refractivity contribution is 6.04. The standard InChI is InChI=1S/C22H23FN4O/c1-15(2)18-8-4-6-10-20(18)27-21(28)17-13-25-22(26-14-17)24-12-11-16-7-3-5-9-19(16)23/h3-10,13-15H,11-12H2,1-2H3,(H,27,28)(H,24,25,26). The molecule has 0 fully saturated rings. The molecule has 0 saturated carbocycles. The first kappa shape index (κ1) is 19.5. The highest BCUT2D eigenvalue weighted by Crippen LogP contribution is 2.24. The van der Waals surface area contributed by atoms with Gasteiger partial charge in [0.05, 0.1) is 5.56 Å². The summed E-state index contributed by atoms with van der Waals surface area (Å²) in [4.78, 5) is 20.8. The van der Waals surface area contributed by atoms with Crippen LogP contribution in [0, 0.1) is 5.82 Å². The average Bonchev–Trinajstić information content (AvgIpc) is 2.70. The third kappa shape index (κ3) is 4.91. The Balaban J connectivity index is 1.58. The molecule has 1 amide bonds. The molecule has 5 nitrogen and oxygen atoms in total. The van der Waals surface area contributed by atoms with E-state index in [1.807, 2.05) is 24.3 Å². The van der Waals surface area contributed by atoms with Crippen LogP contribution in [0.15, 0.2) is 60.9 Å². The number of carbonyl (C=O) groups excluding carboxylic acids is 1. The number of anilines is 2. The Kier molecular flexibility index (Phi) is 6.32. The summed E-state index contributed by atoms with van der Waals surface area (Å²) in [6.45, 7) is 4.65. The summed E-state index contributed by atoms with van der Waals surface area (Å²) < 4.78 is 13.6. The Morgan fingerprint density at radius 3 is 2.43 bits per heavy atom. The number of amides is 1. The Morgan fingerprint density at radius 2 is 1.71 bits per heavy atom. The third-order valence-electron chi connectivity index (χ3n) is 4.38. The van der Waals surface area contributed by atoms with Crippen molar-refractivity contribution in [3.8, 4) is 0 Å². The molecule has 0 spiro atoms. The highest BCUT2D eigenvalue weighted by atomic mass is 19.1. The van der Waals surface area contributed by atoms with Crippen LogP contribution in [0.2, 0.25) is 0 Å². The van der Waals surface area contributed by atoms with Gasteiger partial charge in [0.15, 0.2) is 0 Å². The lowest BCUT2D eigenvalue weighted by Gasteiger charge is -2.13. The zero-order valence-electron chi connectivity index (χ0n) is 15.9. The van der Waals surface area contributed by atoms with Gasteiger partial charge >= 0.3 is 0 Å². The summed E-state index contributed by atoms with van der Waals surface area (Å²) in [7, 11) is 0. The molecule has 0 bridgehead atoms. The average molecular weight is 378 g/mol. The highest BCUT2D eigenvalue weighted by Gasteiger charge is 2.12. The molecule has 3 rings (SSSR count). The van der Waals surface area contributed by atoms with Gasteiger partial charge in [-0.2, -0.15) is 0 Å². The SMILES string of the molecule is CC(C)c1ccccc1NC(=O)c1cnc(NCCc2ccccc2F)nc1. The molecule has 1 aromatic heterocycles. The number of halogens is 1. The third-order valence-corrected chi connectivity index (χ3v) is 4.38. The molecule has 2 aromatic carbocycles. The molecular formula is C22H23FN4O. The molecule has 1 heterocycles. The number of hydrogen-bond donors (Lipinski definition) is 2. The smallest absolute Gasteiger partial charge is 0.258 e. The number of carbonyl (C=O) groups is 1. The van der Waals surface area contributed by atoms with E-state index in [-0.39, 0.29) is 11.7 Å². The van der Waals surface area contributed by atoms with Gasteiger partial charge in [-0.25, -0.2) is 14.4 Å². The summed E-state index contributed by atoms with van der Waals surface area (Å²) in [5.74, 6) is 0.217. The summed E-state index contributed by atoms with van der Waals surface area (Å²) in [6, 6.07) is 14.4. The van der Waals surface area contributed by atoms with Crippen molar-refractivity contribution in [2.24, 2.45) is 0 Å². The van der Waals surface area contributed by atoms with Gasteiger partial charge in [0.1, 0.15) is 5.82 Å². The summed E-state index contributed by atoms with van der Waals surface area (Å²) in [5.41, 5.74) is 2.87. The van der Waals surface area contributed by atoms with Crippen molar-refractivity contribution in [1.82, 2.24) is 9.97 Å². The molecule has 0 atom stereocenters. The summed E-state index contributed by atoms with van der Waals surface area (Å²) >= 11 is 0. The van der Waals surface area contributed by atoms with Crippen molar-refractivity contribution in [1.29, 1.82) is 0 Å². The van der Waals surface area contributed by atoms with Crippen molar-refractivity contribution < 1.29 is 9.18 Å². The van der Waals surface area contributed by atoms with Gasteiger partial charge in [-0.3, -0.25) is 4.79 Å².